The summed E-state index contributed by atoms with van der Waals surface area (Å²) in [6, 6.07) is 12.6. The average Bonchev–Trinajstić information content (AvgIpc) is 3.10. The highest BCUT2D eigenvalue weighted by molar-refractivity contribution is 6.31. The van der Waals surface area contributed by atoms with Crippen molar-refractivity contribution in [3.05, 3.63) is 71.1 Å². The molecule has 0 unspecified atom stereocenters. The van der Waals surface area contributed by atoms with Gasteiger partial charge >= 0.3 is 6.03 Å². The van der Waals surface area contributed by atoms with Gasteiger partial charge in [-0.25, -0.2) is 9.78 Å². The molecule has 4 rings (SSSR count). The van der Waals surface area contributed by atoms with Crippen molar-refractivity contribution in [3.63, 3.8) is 0 Å². The molecule has 0 aliphatic carbocycles. The van der Waals surface area contributed by atoms with Crippen molar-refractivity contribution >= 4 is 34.4 Å². The minimum Gasteiger partial charge on any atom is -0.334 e. The third kappa shape index (κ3) is 3.79. The lowest BCUT2D eigenvalue weighted by Gasteiger charge is -2.08. The fourth-order valence-corrected chi connectivity index (χ4v) is 3.07. The summed E-state index contributed by atoms with van der Waals surface area (Å²) in [5.74, 6) is 0.422. The van der Waals surface area contributed by atoms with Gasteiger partial charge in [0.15, 0.2) is 0 Å². The molecule has 2 amide bonds. The van der Waals surface area contributed by atoms with Gasteiger partial charge in [-0.05, 0) is 30.7 Å². The van der Waals surface area contributed by atoms with E-state index >= 15 is 0 Å². The van der Waals surface area contributed by atoms with Crippen molar-refractivity contribution in [2.75, 3.05) is 5.32 Å². The summed E-state index contributed by atoms with van der Waals surface area (Å²) in [4.78, 5) is 20.7. The molecule has 0 aliphatic heterocycles. The number of aromatic nitrogens is 4. The molecular formula is C20H17ClN6O. The first-order chi connectivity index (χ1) is 13.6. The molecule has 3 heterocycles. The first kappa shape index (κ1) is 17.9. The molecule has 0 aliphatic rings. The number of aromatic amines is 1. The normalized spacial score (nSPS) is 10.8. The van der Waals surface area contributed by atoms with Crippen LogP contribution in [0.3, 0.4) is 0 Å². The molecule has 1 aromatic carbocycles. The molecule has 7 nitrogen and oxygen atoms in total. The van der Waals surface area contributed by atoms with Gasteiger partial charge in [-0.2, -0.15) is 5.10 Å². The van der Waals surface area contributed by atoms with Gasteiger partial charge in [-0.3, -0.25) is 15.4 Å². The molecule has 8 heteroatoms. The monoisotopic (exact) mass is 392 g/mol. The molecule has 0 fully saturated rings. The second-order valence-corrected chi connectivity index (χ2v) is 6.68. The zero-order valence-corrected chi connectivity index (χ0v) is 15.8. The maximum Gasteiger partial charge on any atom is 0.320 e. The Morgan fingerprint density at radius 1 is 1.18 bits per heavy atom. The van der Waals surface area contributed by atoms with Crippen molar-refractivity contribution in [1.82, 2.24) is 25.5 Å². The van der Waals surface area contributed by atoms with Gasteiger partial charge in [-0.1, -0.05) is 29.8 Å². The molecule has 0 bridgehead atoms. The van der Waals surface area contributed by atoms with Crippen molar-refractivity contribution < 1.29 is 4.79 Å². The van der Waals surface area contributed by atoms with Gasteiger partial charge in [0.1, 0.15) is 11.5 Å². The van der Waals surface area contributed by atoms with Crippen LogP contribution in [0, 0.1) is 6.92 Å². The predicted molar refractivity (Wildman–Crippen MR) is 109 cm³/mol. The average molecular weight is 393 g/mol. The fourth-order valence-electron chi connectivity index (χ4n) is 2.87. The first-order valence-corrected chi connectivity index (χ1v) is 9.03. The van der Waals surface area contributed by atoms with Gasteiger partial charge < -0.3 is 5.32 Å². The summed E-state index contributed by atoms with van der Waals surface area (Å²) in [5, 5.41) is 14.3. The Kier molecular flexibility index (Phi) is 4.90. The SMILES string of the molecule is Cc1cc(-c2n[nH]c3cc(NC(=O)NCc4ccccc4Cl)ncc23)ccn1. The van der Waals surface area contributed by atoms with E-state index in [1.54, 1.807) is 24.5 Å². The number of carbonyl (C=O) groups excluding carboxylic acids is 1. The number of hydrogen-bond acceptors (Lipinski definition) is 4. The van der Waals surface area contributed by atoms with Crippen LogP contribution in [0.4, 0.5) is 10.6 Å². The van der Waals surface area contributed by atoms with Gasteiger partial charge in [-0.15, -0.1) is 0 Å². The number of halogens is 1. The standard InChI is InChI=1S/C20H17ClN6O/c1-12-8-13(6-7-22-12)19-15-11-23-18(9-17(15)26-27-19)25-20(28)24-10-14-4-2-3-5-16(14)21/h2-9,11H,10H2,1H3,(H,26,27)(H2,23,24,25,28). The van der Waals surface area contributed by atoms with Crippen LogP contribution >= 0.6 is 11.6 Å². The quantitative estimate of drug-likeness (QED) is 0.482. The van der Waals surface area contributed by atoms with Gasteiger partial charge in [0.25, 0.3) is 0 Å². The topological polar surface area (TPSA) is 95.6 Å². The number of nitrogens with one attached hydrogen (secondary N) is 3. The third-order valence-electron chi connectivity index (χ3n) is 4.26. The first-order valence-electron chi connectivity index (χ1n) is 8.65. The van der Waals surface area contributed by atoms with E-state index in [9.17, 15) is 4.79 Å². The lowest BCUT2D eigenvalue weighted by atomic mass is 10.1. The lowest BCUT2D eigenvalue weighted by Crippen LogP contribution is -2.28. The van der Waals surface area contributed by atoms with Crippen LogP contribution in [0.5, 0.6) is 0 Å². The summed E-state index contributed by atoms with van der Waals surface area (Å²) in [7, 11) is 0. The summed E-state index contributed by atoms with van der Waals surface area (Å²) < 4.78 is 0. The Morgan fingerprint density at radius 2 is 2.04 bits per heavy atom. The molecule has 0 spiro atoms. The Labute approximate surface area is 166 Å². The Bertz CT molecular complexity index is 1160. The molecule has 3 N–H and O–H groups in total. The highest BCUT2D eigenvalue weighted by atomic mass is 35.5. The number of fused-ring (bicyclic) bond motifs is 1. The van der Waals surface area contributed by atoms with E-state index in [0.717, 1.165) is 33.4 Å². The molecule has 0 radical (unpaired) electrons. The zero-order valence-electron chi connectivity index (χ0n) is 15.0. The number of urea groups is 1. The zero-order chi connectivity index (χ0) is 19.5. The maximum absolute atomic E-state index is 12.2. The predicted octanol–water partition coefficient (Wildman–Crippen LogP) is 4.30. The van der Waals surface area contributed by atoms with E-state index in [4.69, 9.17) is 11.6 Å². The van der Waals surface area contributed by atoms with Crippen LogP contribution in [0.25, 0.3) is 22.2 Å². The van der Waals surface area contributed by atoms with Crippen LogP contribution in [0.2, 0.25) is 5.02 Å². The Hall–Kier alpha value is -3.45. The molecule has 140 valence electrons. The van der Waals surface area contributed by atoms with Gasteiger partial charge in [0.2, 0.25) is 0 Å². The van der Waals surface area contributed by atoms with E-state index in [2.05, 4.69) is 30.8 Å². The second kappa shape index (κ2) is 7.66. The summed E-state index contributed by atoms with van der Waals surface area (Å²) in [6.45, 7) is 2.25. The smallest absolute Gasteiger partial charge is 0.320 e. The largest absolute Gasteiger partial charge is 0.334 e. The van der Waals surface area contributed by atoms with Crippen molar-refractivity contribution in [3.8, 4) is 11.3 Å². The van der Waals surface area contributed by atoms with E-state index in [1.165, 1.54) is 0 Å². The molecule has 0 saturated carbocycles. The van der Waals surface area contributed by atoms with Crippen LogP contribution < -0.4 is 10.6 Å². The molecule has 0 atom stereocenters. The second-order valence-electron chi connectivity index (χ2n) is 6.27. The van der Waals surface area contributed by atoms with E-state index in [1.807, 2.05) is 37.3 Å². The number of carbonyl (C=O) groups is 1. The molecule has 0 saturated heterocycles. The van der Waals surface area contributed by atoms with Gasteiger partial charge in [0, 0.05) is 46.7 Å². The lowest BCUT2D eigenvalue weighted by molar-refractivity contribution is 0.251. The number of rotatable bonds is 4. The summed E-state index contributed by atoms with van der Waals surface area (Å²) >= 11 is 6.10. The summed E-state index contributed by atoms with van der Waals surface area (Å²) in [5.41, 5.74) is 4.28. The molecule has 28 heavy (non-hydrogen) atoms. The number of hydrogen-bond donors (Lipinski definition) is 3. The van der Waals surface area contributed by atoms with Crippen molar-refractivity contribution in [2.45, 2.75) is 13.5 Å². The van der Waals surface area contributed by atoms with E-state index < -0.39 is 0 Å². The van der Waals surface area contributed by atoms with Crippen LogP contribution in [-0.4, -0.2) is 26.2 Å². The molecule has 3 aromatic heterocycles. The molecular weight excluding hydrogens is 376 g/mol. The number of nitrogens with zero attached hydrogens (tertiary/aromatic N) is 3. The number of pyridine rings is 2. The molecule has 4 aromatic rings. The van der Waals surface area contributed by atoms with Crippen molar-refractivity contribution in [2.24, 2.45) is 0 Å². The number of H-pyrrole nitrogens is 1. The highest BCUT2D eigenvalue weighted by Crippen LogP contribution is 2.26. The minimum absolute atomic E-state index is 0.323. The third-order valence-corrected chi connectivity index (χ3v) is 4.62. The van der Waals surface area contributed by atoms with E-state index in [-0.39, 0.29) is 6.03 Å². The Morgan fingerprint density at radius 3 is 2.86 bits per heavy atom. The summed E-state index contributed by atoms with van der Waals surface area (Å²) in [6.07, 6.45) is 3.44. The number of aryl methyl sites for hydroxylation is 1. The Balaban J connectivity index is 1.48. The van der Waals surface area contributed by atoms with E-state index in [0.29, 0.717) is 17.4 Å². The number of anilines is 1. The van der Waals surface area contributed by atoms with Crippen LogP contribution in [-0.2, 0) is 6.54 Å². The van der Waals surface area contributed by atoms with Crippen molar-refractivity contribution in [1.29, 1.82) is 0 Å². The van der Waals surface area contributed by atoms with Gasteiger partial charge in [0.05, 0.1) is 5.52 Å². The highest BCUT2D eigenvalue weighted by Gasteiger charge is 2.11. The van der Waals surface area contributed by atoms with Crippen LogP contribution in [0.1, 0.15) is 11.3 Å². The van der Waals surface area contributed by atoms with Crippen LogP contribution in [0.15, 0.2) is 54.9 Å². The maximum atomic E-state index is 12.2. The minimum atomic E-state index is -0.365. The number of amides is 2. The fraction of sp³-hybridized carbons (Fsp3) is 0.100. The number of benzene rings is 1.